The maximum absolute atomic E-state index is 13.2. The Labute approximate surface area is 158 Å². The molecule has 5 heteroatoms. The topological polar surface area (TPSA) is 47.8 Å². The summed E-state index contributed by atoms with van der Waals surface area (Å²) in [6.07, 6.45) is 5.40. The van der Waals surface area contributed by atoms with E-state index in [1.807, 2.05) is 72.8 Å². The molecule has 0 spiro atoms. The van der Waals surface area contributed by atoms with Gasteiger partial charge >= 0.3 is 0 Å². The van der Waals surface area contributed by atoms with E-state index in [0.29, 0.717) is 16.7 Å². The van der Waals surface area contributed by atoms with Gasteiger partial charge in [0.05, 0.1) is 22.3 Å². The Bertz CT molecular complexity index is 1170. The molecule has 0 aliphatic heterocycles. The van der Waals surface area contributed by atoms with Crippen LogP contribution in [0.2, 0.25) is 0 Å². The van der Waals surface area contributed by atoms with Crippen LogP contribution in [-0.2, 0) is 0 Å². The number of hydrogen-bond acceptors (Lipinski definition) is 3. The predicted molar refractivity (Wildman–Crippen MR) is 108 cm³/mol. The van der Waals surface area contributed by atoms with Gasteiger partial charge in [0.1, 0.15) is 5.82 Å². The smallest absolute Gasteiger partial charge is 0.266 e. The molecule has 0 radical (unpaired) electrons. The standard InChI is InChI=1S/C21H14BrN3O/c22-17-9-2-4-11-19(17)25-20(13-12-15-7-5-6-14-23-15)24-18-10-3-1-8-16(18)21(25)26/h1-14H/b13-12+. The number of pyridine rings is 1. The highest BCUT2D eigenvalue weighted by atomic mass is 79.9. The molecule has 4 aromatic rings. The number of fused-ring (bicyclic) bond motifs is 1. The van der Waals surface area contributed by atoms with Crippen LogP contribution in [0.15, 0.2) is 82.2 Å². The van der Waals surface area contributed by atoms with E-state index in [9.17, 15) is 4.79 Å². The van der Waals surface area contributed by atoms with Crippen LogP contribution in [-0.4, -0.2) is 14.5 Å². The fourth-order valence-corrected chi connectivity index (χ4v) is 3.22. The number of rotatable bonds is 3. The third-order valence-corrected chi connectivity index (χ3v) is 4.66. The first-order valence-electron chi connectivity index (χ1n) is 8.10. The number of aromatic nitrogens is 3. The van der Waals surface area contributed by atoms with E-state index in [-0.39, 0.29) is 5.56 Å². The summed E-state index contributed by atoms with van der Waals surface area (Å²) >= 11 is 3.54. The third-order valence-electron chi connectivity index (χ3n) is 3.99. The number of halogens is 1. The van der Waals surface area contributed by atoms with Crippen molar-refractivity contribution in [3.63, 3.8) is 0 Å². The second-order valence-corrected chi connectivity index (χ2v) is 6.52. The summed E-state index contributed by atoms with van der Waals surface area (Å²) in [5.41, 5.74) is 2.11. The van der Waals surface area contributed by atoms with Gasteiger partial charge < -0.3 is 0 Å². The van der Waals surface area contributed by atoms with E-state index < -0.39 is 0 Å². The molecule has 2 aromatic carbocycles. The van der Waals surface area contributed by atoms with Crippen LogP contribution in [0.4, 0.5) is 0 Å². The quantitative estimate of drug-likeness (QED) is 0.497. The molecule has 0 amide bonds. The average molecular weight is 404 g/mol. The predicted octanol–water partition coefficient (Wildman–Crippen LogP) is 4.71. The summed E-state index contributed by atoms with van der Waals surface area (Å²) in [6, 6.07) is 20.7. The molecule has 0 N–H and O–H groups in total. The van der Waals surface area contributed by atoms with Crippen molar-refractivity contribution >= 4 is 39.0 Å². The van der Waals surface area contributed by atoms with E-state index >= 15 is 0 Å². The lowest BCUT2D eigenvalue weighted by Crippen LogP contribution is -2.22. The molecular formula is C21H14BrN3O. The van der Waals surface area contributed by atoms with Gasteiger partial charge in [-0.3, -0.25) is 14.3 Å². The molecule has 0 fully saturated rings. The molecular weight excluding hydrogens is 390 g/mol. The zero-order valence-electron chi connectivity index (χ0n) is 13.7. The summed E-state index contributed by atoms with van der Waals surface area (Å²) < 4.78 is 2.44. The number of hydrogen-bond donors (Lipinski definition) is 0. The van der Waals surface area contributed by atoms with Crippen LogP contribution >= 0.6 is 15.9 Å². The minimum atomic E-state index is -0.108. The van der Waals surface area contributed by atoms with Crippen molar-refractivity contribution in [2.24, 2.45) is 0 Å². The molecule has 26 heavy (non-hydrogen) atoms. The van der Waals surface area contributed by atoms with Crippen LogP contribution in [0.5, 0.6) is 0 Å². The van der Waals surface area contributed by atoms with Gasteiger partial charge in [-0.2, -0.15) is 0 Å². The molecule has 0 atom stereocenters. The maximum Gasteiger partial charge on any atom is 0.266 e. The second-order valence-electron chi connectivity index (χ2n) is 5.67. The van der Waals surface area contributed by atoms with Crippen molar-refractivity contribution in [3.05, 3.63) is 99.3 Å². The maximum atomic E-state index is 13.2. The van der Waals surface area contributed by atoms with Gasteiger partial charge in [-0.05, 0) is 64.5 Å². The van der Waals surface area contributed by atoms with Gasteiger partial charge in [0, 0.05) is 10.7 Å². The summed E-state index contributed by atoms with van der Waals surface area (Å²) in [7, 11) is 0. The average Bonchev–Trinajstić information content (AvgIpc) is 2.68. The lowest BCUT2D eigenvalue weighted by atomic mass is 10.2. The minimum absolute atomic E-state index is 0.108. The molecule has 126 valence electrons. The monoisotopic (exact) mass is 403 g/mol. The highest BCUT2D eigenvalue weighted by molar-refractivity contribution is 9.10. The lowest BCUT2D eigenvalue weighted by molar-refractivity contribution is 0.939. The lowest BCUT2D eigenvalue weighted by Gasteiger charge is -2.12. The molecule has 0 aliphatic carbocycles. The molecule has 0 saturated carbocycles. The first kappa shape index (κ1) is 16.4. The van der Waals surface area contributed by atoms with Crippen molar-refractivity contribution in [1.29, 1.82) is 0 Å². The van der Waals surface area contributed by atoms with Crippen LogP contribution in [0, 0.1) is 0 Å². The van der Waals surface area contributed by atoms with Crippen LogP contribution < -0.4 is 5.56 Å². The molecule has 0 bridgehead atoms. The number of benzene rings is 2. The SMILES string of the molecule is O=c1c2ccccc2nc(/C=C/c2ccccn2)n1-c1ccccc1Br. The molecule has 2 heterocycles. The highest BCUT2D eigenvalue weighted by Crippen LogP contribution is 2.22. The molecule has 0 unspecified atom stereocenters. The first-order chi connectivity index (χ1) is 12.7. The van der Waals surface area contributed by atoms with E-state index in [0.717, 1.165) is 15.9 Å². The molecule has 4 nitrogen and oxygen atoms in total. The Hall–Kier alpha value is -3.05. The van der Waals surface area contributed by atoms with Crippen molar-refractivity contribution in [3.8, 4) is 5.69 Å². The van der Waals surface area contributed by atoms with Gasteiger partial charge in [0.15, 0.2) is 0 Å². The third kappa shape index (κ3) is 3.09. The fraction of sp³-hybridized carbons (Fsp3) is 0. The van der Waals surface area contributed by atoms with E-state index in [2.05, 4.69) is 20.9 Å². The Morgan fingerprint density at radius 1 is 0.885 bits per heavy atom. The fourth-order valence-electron chi connectivity index (χ4n) is 2.76. The Morgan fingerprint density at radius 3 is 2.46 bits per heavy atom. The Morgan fingerprint density at radius 2 is 1.65 bits per heavy atom. The van der Waals surface area contributed by atoms with Crippen LogP contribution in [0.25, 0.3) is 28.7 Å². The zero-order chi connectivity index (χ0) is 17.9. The van der Waals surface area contributed by atoms with E-state index in [1.165, 1.54) is 0 Å². The minimum Gasteiger partial charge on any atom is -0.268 e. The summed E-state index contributed by atoms with van der Waals surface area (Å²) in [5, 5.41) is 0.582. The first-order valence-corrected chi connectivity index (χ1v) is 8.89. The van der Waals surface area contributed by atoms with Gasteiger partial charge in [-0.15, -0.1) is 0 Å². The summed E-state index contributed by atoms with van der Waals surface area (Å²) in [4.78, 5) is 22.1. The Kier molecular flexibility index (Phi) is 4.46. The van der Waals surface area contributed by atoms with Crippen LogP contribution in [0.3, 0.4) is 0 Å². The van der Waals surface area contributed by atoms with E-state index in [1.54, 1.807) is 16.8 Å². The van der Waals surface area contributed by atoms with Gasteiger partial charge in [-0.25, -0.2) is 4.98 Å². The molecule has 2 aromatic heterocycles. The van der Waals surface area contributed by atoms with E-state index in [4.69, 9.17) is 4.98 Å². The number of nitrogens with zero attached hydrogens (tertiary/aromatic N) is 3. The largest absolute Gasteiger partial charge is 0.268 e. The number of para-hydroxylation sites is 2. The van der Waals surface area contributed by atoms with Crippen molar-refractivity contribution in [2.45, 2.75) is 0 Å². The second kappa shape index (κ2) is 7.06. The summed E-state index contributed by atoms with van der Waals surface area (Å²) in [5.74, 6) is 0.547. The normalized spacial score (nSPS) is 11.3. The van der Waals surface area contributed by atoms with Crippen molar-refractivity contribution in [1.82, 2.24) is 14.5 Å². The van der Waals surface area contributed by atoms with Gasteiger partial charge in [0.25, 0.3) is 5.56 Å². The molecule has 4 rings (SSSR count). The zero-order valence-corrected chi connectivity index (χ0v) is 15.3. The van der Waals surface area contributed by atoms with Crippen LogP contribution in [0.1, 0.15) is 11.5 Å². The highest BCUT2D eigenvalue weighted by Gasteiger charge is 2.12. The Balaban J connectivity index is 1.99. The molecule has 0 aliphatic rings. The summed E-state index contributed by atoms with van der Waals surface area (Å²) in [6.45, 7) is 0. The van der Waals surface area contributed by atoms with Gasteiger partial charge in [0.2, 0.25) is 0 Å². The molecule has 0 saturated heterocycles. The van der Waals surface area contributed by atoms with Crippen molar-refractivity contribution in [2.75, 3.05) is 0 Å². The van der Waals surface area contributed by atoms with Gasteiger partial charge in [-0.1, -0.05) is 30.3 Å². The van der Waals surface area contributed by atoms with Crippen molar-refractivity contribution < 1.29 is 0 Å².